The highest BCUT2D eigenvalue weighted by atomic mass is 32.2. The summed E-state index contributed by atoms with van der Waals surface area (Å²) in [5.74, 6) is -0.834. The first-order chi connectivity index (χ1) is 8.99. The van der Waals surface area contributed by atoms with E-state index >= 15 is 0 Å². The zero-order valence-electron chi connectivity index (χ0n) is 10.5. The highest BCUT2D eigenvalue weighted by molar-refractivity contribution is 7.84. The van der Waals surface area contributed by atoms with Crippen molar-refractivity contribution in [2.45, 2.75) is 0 Å². The predicted molar refractivity (Wildman–Crippen MR) is 74.4 cm³/mol. The van der Waals surface area contributed by atoms with Gasteiger partial charge in [-0.15, -0.1) is 0 Å². The Kier molecular flexibility index (Phi) is 5.95. The molecule has 2 N–H and O–H groups in total. The van der Waals surface area contributed by atoms with E-state index in [1.807, 2.05) is 0 Å². The number of benzene rings is 1. The second-order valence-corrected chi connectivity index (χ2v) is 5.38. The molecule has 0 aromatic heterocycles. The zero-order valence-corrected chi connectivity index (χ0v) is 11.3. The minimum Gasteiger partial charge on any atom is -0.478 e. The van der Waals surface area contributed by atoms with Gasteiger partial charge in [-0.2, -0.15) is 0 Å². The van der Waals surface area contributed by atoms with Crippen LogP contribution in [0.5, 0.6) is 0 Å². The van der Waals surface area contributed by atoms with E-state index in [1.54, 1.807) is 30.5 Å². The molecule has 0 aliphatic heterocycles. The van der Waals surface area contributed by atoms with Crippen LogP contribution in [0.3, 0.4) is 0 Å². The quantitative estimate of drug-likeness (QED) is 0.759. The number of carbonyl (C=O) groups excluding carboxylic acids is 1. The molecule has 0 spiro atoms. The summed E-state index contributed by atoms with van der Waals surface area (Å²) in [6.45, 7) is 0.364. The molecule has 1 amide bonds. The molecule has 6 heteroatoms. The Balaban J connectivity index is 2.58. The van der Waals surface area contributed by atoms with Crippen LogP contribution in [-0.4, -0.2) is 39.7 Å². The van der Waals surface area contributed by atoms with Crippen molar-refractivity contribution in [2.24, 2.45) is 0 Å². The summed E-state index contributed by atoms with van der Waals surface area (Å²) in [7, 11) is -0.929. The maximum atomic E-state index is 11.7. The smallest absolute Gasteiger partial charge is 0.328 e. The molecule has 0 aliphatic carbocycles. The summed E-state index contributed by atoms with van der Waals surface area (Å²) >= 11 is 0. The molecule has 5 nitrogen and oxygen atoms in total. The number of aliphatic carboxylic acids is 1. The molecule has 0 heterocycles. The van der Waals surface area contributed by atoms with Crippen molar-refractivity contribution in [1.82, 2.24) is 5.32 Å². The largest absolute Gasteiger partial charge is 0.478 e. The summed E-state index contributed by atoms with van der Waals surface area (Å²) in [5, 5.41) is 11.1. The maximum absolute atomic E-state index is 11.7. The van der Waals surface area contributed by atoms with Crippen molar-refractivity contribution in [3.05, 3.63) is 41.5 Å². The Hall–Kier alpha value is -1.95. The minimum atomic E-state index is -1.02. The van der Waals surface area contributed by atoms with Crippen LogP contribution in [0.4, 0.5) is 0 Å². The fourth-order valence-electron chi connectivity index (χ4n) is 1.32. The Labute approximate surface area is 113 Å². The second-order valence-electron chi connectivity index (χ2n) is 3.83. The molecule has 0 saturated carbocycles. The highest BCUT2D eigenvalue weighted by Crippen LogP contribution is 2.06. The number of hydrogen-bond donors (Lipinski definition) is 2. The maximum Gasteiger partial charge on any atom is 0.328 e. The van der Waals surface area contributed by atoms with E-state index in [0.29, 0.717) is 23.4 Å². The molecule has 19 heavy (non-hydrogen) atoms. The lowest BCUT2D eigenvalue weighted by Gasteiger charge is -2.04. The molecule has 1 aromatic rings. The van der Waals surface area contributed by atoms with E-state index in [1.165, 1.54) is 6.08 Å². The van der Waals surface area contributed by atoms with E-state index in [9.17, 15) is 13.8 Å². The molecular formula is C13H15NO4S. The molecular weight excluding hydrogens is 266 g/mol. The number of amides is 1. The van der Waals surface area contributed by atoms with Crippen LogP contribution in [0.2, 0.25) is 0 Å². The monoisotopic (exact) mass is 281 g/mol. The average molecular weight is 281 g/mol. The number of carboxylic acid groups (broad SMARTS) is 1. The molecule has 1 atom stereocenters. The predicted octanol–water partition coefficient (Wildman–Crippen LogP) is 0.893. The Morgan fingerprint density at radius 1 is 1.32 bits per heavy atom. The van der Waals surface area contributed by atoms with Gasteiger partial charge in [-0.1, -0.05) is 12.1 Å². The van der Waals surface area contributed by atoms with Crippen LogP contribution in [0.15, 0.2) is 30.3 Å². The summed E-state index contributed by atoms with van der Waals surface area (Å²) in [6, 6.07) is 6.54. The molecule has 0 aliphatic rings. The summed E-state index contributed by atoms with van der Waals surface area (Å²) < 4.78 is 10.8. The van der Waals surface area contributed by atoms with Gasteiger partial charge in [-0.05, 0) is 23.8 Å². The van der Waals surface area contributed by atoms with E-state index in [2.05, 4.69) is 5.32 Å². The lowest BCUT2D eigenvalue weighted by Crippen LogP contribution is -2.27. The summed E-state index contributed by atoms with van der Waals surface area (Å²) in [4.78, 5) is 22.0. The van der Waals surface area contributed by atoms with E-state index in [4.69, 9.17) is 5.11 Å². The first-order valence-electron chi connectivity index (χ1n) is 5.58. The number of rotatable bonds is 6. The SMILES string of the molecule is CS(=O)CCNC(=O)c1ccc(/C=C/C(=O)O)cc1. The fourth-order valence-corrected chi connectivity index (χ4v) is 1.71. The van der Waals surface area contributed by atoms with Gasteiger partial charge in [0.2, 0.25) is 0 Å². The van der Waals surface area contributed by atoms with Crippen LogP contribution < -0.4 is 5.32 Å². The van der Waals surface area contributed by atoms with Crippen molar-refractivity contribution in [3.8, 4) is 0 Å². The van der Waals surface area contributed by atoms with Gasteiger partial charge in [0.1, 0.15) is 0 Å². The van der Waals surface area contributed by atoms with E-state index < -0.39 is 16.8 Å². The number of hydrogen-bond acceptors (Lipinski definition) is 3. The molecule has 1 aromatic carbocycles. The fraction of sp³-hybridized carbons (Fsp3) is 0.231. The molecule has 1 rings (SSSR count). The third kappa shape index (κ3) is 5.96. The van der Waals surface area contributed by atoms with Crippen LogP contribution in [0.1, 0.15) is 15.9 Å². The molecule has 0 bridgehead atoms. The Bertz CT molecular complexity index is 508. The van der Waals surface area contributed by atoms with Crippen molar-refractivity contribution < 1.29 is 18.9 Å². The summed E-state index contributed by atoms with van der Waals surface area (Å²) in [6.07, 6.45) is 4.06. The van der Waals surface area contributed by atoms with Gasteiger partial charge in [0.05, 0.1) is 0 Å². The van der Waals surface area contributed by atoms with Crippen LogP contribution in [0.25, 0.3) is 6.08 Å². The summed E-state index contributed by atoms with van der Waals surface area (Å²) in [5.41, 5.74) is 1.18. The van der Waals surface area contributed by atoms with Crippen molar-refractivity contribution >= 4 is 28.8 Å². The van der Waals surface area contributed by atoms with Crippen LogP contribution in [-0.2, 0) is 15.6 Å². The number of carbonyl (C=O) groups is 2. The van der Waals surface area contributed by atoms with Gasteiger partial charge >= 0.3 is 5.97 Å². The first kappa shape index (κ1) is 15.1. The van der Waals surface area contributed by atoms with Crippen LogP contribution >= 0.6 is 0 Å². The average Bonchev–Trinajstić information content (AvgIpc) is 2.36. The second kappa shape index (κ2) is 7.48. The molecule has 0 radical (unpaired) electrons. The lowest BCUT2D eigenvalue weighted by molar-refractivity contribution is -0.131. The number of carboxylic acids is 1. The van der Waals surface area contributed by atoms with Crippen molar-refractivity contribution in [1.29, 1.82) is 0 Å². The van der Waals surface area contributed by atoms with Gasteiger partial charge in [0.15, 0.2) is 0 Å². The topological polar surface area (TPSA) is 83.5 Å². The van der Waals surface area contributed by atoms with E-state index in [0.717, 1.165) is 6.08 Å². The molecule has 0 saturated heterocycles. The van der Waals surface area contributed by atoms with Gasteiger partial charge in [0, 0.05) is 41.0 Å². The van der Waals surface area contributed by atoms with E-state index in [-0.39, 0.29) is 5.91 Å². The zero-order chi connectivity index (χ0) is 14.3. The molecule has 0 fully saturated rings. The van der Waals surface area contributed by atoms with Crippen molar-refractivity contribution in [2.75, 3.05) is 18.6 Å². The third-order valence-corrected chi connectivity index (χ3v) is 3.05. The standard InChI is InChI=1S/C13H15NO4S/c1-19(18)9-8-14-13(17)11-5-2-10(3-6-11)4-7-12(15)16/h2-7H,8-9H2,1H3,(H,14,17)(H,15,16)/b7-4+. The minimum absolute atomic E-state index is 0.237. The molecule has 1 unspecified atom stereocenters. The molecule has 102 valence electrons. The highest BCUT2D eigenvalue weighted by Gasteiger charge is 2.04. The van der Waals surface area contributed by atoms with Gasteiger partial charge < -0.3 is 10.4 Å². The third-order valence-electron chi connectivity index (χ3n) is 2.27. The van der Waals surface area contributed by atoms with Crippen LogP contribution in [0, 0.1) is 0 Å². The van der Waals surface area contributed by atoms with Gasteiger partial charge in [-0.3, -0.25) is 9.00 Å². The normalized spacial score (nSPS) is 12.3. The van der Waals surface area contributed by atoms with Gasteiger partial charge in [0.25, 0.3) is 5.91 Å². The Morgan fingerprint density at radius 2 is 1.95 bits per heavy atom. The lowest BCUT2D eigenvalue weighted by atomic mass is 10.1. The first-order valence-corrected chi connectivity index (χ1v) is 7.31. The number of nitrogens with one attached hydrogen (secondary N) is 1. The van der Waals surface area contributed by atoms with Crippen molar-refractivity contribution in [3.63, 3.8) is 0 Å². The Morgan fingerprint density at radius 3 is 2.47 bits per heavy atom. The van der Waals surface area contributed by atoms with Gasteiger partial charge in [-0.25, -0.2) is 4.79 Å².